The molecule has 0 aliphatic rings. The van der Waals surface area contributed by atoms with Crippen LogP contribution in [0.5, 0.6) is 0 Å². The van der Waals surface area contributed by atoms with E-state index in [4.69, 9.17) is 0 Å². The van der Waals surface area contributed by atoms with Gasteiger partial charge >= 0.3 is 0 Å². The van der Waals surface area contributed by atoms with E-state index in [1.807, 2.05) is 13.8 Å². The van der Waals surface area contributed by atoms with Crippen LogP contribution < -0.4 is 10.9 Å². The molecule has 0 saturated heterocycles. The Kier molecular flexibility index (Phi) is 3.60. The zero-order chi connectivity index (χ0) is 11.4. The third-order valence-corrected chi connectivity index (χ3v) is 1.85. The number of Topliss-reactive ketones (excluding diaryl/α,β-unsaturated/α-hetero) is 1. The normalized spacial score (nSPS) is 10.4. The van der Waals surface area contributed by atoms with Gasteiger partial charge in [-0.15, -0.1) is 0 Å². The molecule has 0 aromatic carbocycles. The number of H-pyrrole nitrogens is 1. The Morgan fingerprint density at radius 2 is 2.27 bits per heavy atom. The van der Waals surface area contributed by atoms with Gasteiger partial charge in [0.25, 0.3) is 5.56 Å². The first-order valence-corrected chi connectivity index (χ1v) is 4.93. The van der Waals surface area contributed by atoms with E-state index < -0.39 is 0 Å². The molecule has 0 aliphatic carbocycles. The summed E-state index contributed by atoms with van der Waals surface area (Å²) in [5.41, 5.74) is -0.271. The number of ketones is 1. The number of aromatic amines is 1. The summed E-state index contributed by atoms with van der Waals surface area (Å²) < 4.78 is 0. The van der Waals surface area contributed by atoms with Crippen LogP contribution in [0.2, 0.25) is 0 Å². The van der Waals surface area contributed by atoms with Gasteiger partial charge in [-0.2, -0.15) is 0 Å². The van der Waals surface area contributed by atoms with E-state index in [0.717, 1.165) is 0 Å². The van der Waals surface area contributed by atoms with E-state index in [1.165, 1.54) is 6.20 Å². The highest BCUT2D eigenvalue weighted by Crippen LogP contribution is 1.99. The summed E-state index contributed by atoms with van der Waals surface area (Å²) in [5, 5.41) is 2.95. The topological polar surface area (TPSA) is 74.8 Å². The number of anilines is 1. The Hall–Kier alpha value is -1.65. The highest BCUT2D eigenvalue weighted by molar-refractivity contribution is 5.95. The van der Waals surface area contributed by atoms with Crippen molar-refractivity contribution in [2.75, 3.05) is 5.32 Å². The maximum Gasteiger partial charge on any atom is 0.263 e. The van der Waals surface area contributed by atoms with Crippen molar-refractivity contribution in [3.63, 3.8) is 0 Å². The lowest BCUT2D eigenvalue weighted by Crippen LogP contribution is -2.22. The molecule has 0 fully saturated rings. The maximum absolute atomic E-state index is 11.5. The minimum absolute atomic E-state index is 0.117. The molecular weight excluding hydrogens is 194 g/mol. The fourth-order valence-corrected chi connectivity index (χ4v) is 1.13. The van der Waals surface area contributed by atoms with Crippen molar-refractivity contribution in [2.45, 2.75) is 33.2 Å². The van der Waals surface area contributed by atoms with Gasteiger partial charge in [0.15, 0.2) is 5.78 Å². The second kappa shape index (κ2) is 4.72. The van der Waals surface area contributed by atoms with Crippen LogP contribution in [0.3, 0.4) is 0 Å². The highest BCUT2D eigenvalue weighted by Gasteiger charge is 2.09. The van der Waals surface area contributed by atoms with Gasteiger partial charge in [0, 0.05) is 18.7 Å². The molecule has 1 rings (SSSR count). The number of carbonyl (C=O) groups excluding carboxylic acids is 1. The van der Waals surface area contributed by atoms with Crippen molar-refractivity contribution in [3.05, 3.63) is 22.1 Å². The molecule has 15 heavy (non-hydrogen) atoms. The van der Waals surface area contributed by atoms with Gasteiger partial charge < -0.3 is 5.32 Å². The molecule has 0 spiro atoms. The number of hydrogen-bond acceptors (Lipinski definition) is 4. The Bertz CT molecular complexity index is 409. The van der Waals surface area contributed by atoms with E-state index in [0.29, 0.717) is 12.4 Å². The van der Waals surface area contributed by atoms with Crippen molar-refractivity contribution in [1.82, 2.24) is 9.97 Å². The Morgan fingerprint density at radius 1 is 1.60 bits per heavy atom. The van der Waals surface area contributed by atoms with Crippen LogP contribution >= 0.6 is 0 Å². The Morgan fingerprint density at radius 3 is 2.73 bits per heavy atom. The maximum atomic E-state index is 11.5. The first-order chi connectivity index (χ1) is 7.04. The third-order valence-electron chi connectivity index (χ3n) is 1.85. The Balaban J connectivity index is 2.98. The summed E-state index contributed by atoms with van der Waals surface area (Å²) in [6, 6.07) is 0.181. The third kappa shape index (κ3) is 2.90. The molecule has 0 bridgehead atoms. The van der Waals surface area contributed by atoms with Crippen molar-refractivity contribution in [3.8, 4) is 0 Å². The van der Waals surface area contributed by atoms with Gasteiger partial charge in [-0.25, -0.2) is 4.98 Å². The summed E-state index contributed by atoms with van der Waals surface area (Å²) in [5.74, 6) is 0.197. The van der Waals surface area contributed by atoms with Gasteiger partial charge in [0.2, 0.25) is 5.95 Å². The zero-order valence-electron chi connectivity index (χ0n) is 9.13. The van der Waals surface area contributed by atoms with Gasteiger partial charge in [-0.3, -0.25) is 14.6 Å². The molecule has 1 aromatic heterocycles. The van der Waals surface area contributed by atoms with Crippen molar-refractivity contribution >= 4 is 11.7 Å². The number of aromatic nitrogens is 2. The summed E-state index contributed by atoms with van der Waals surface area (Å²) in [7, 11) is 0. The number of hydrogen-bond donors (Lipinski definition) is 2. The summed E-state index contributed by atoms with van der Waals surface area (Å²) >= 11 is 0. The van der Waals surface area contributed by atoms with Crippen LogP contribution in [0.1, 0.15) is 37.6 Å². The quantitative estimate of drug-likeness (QED) is 0.730. The minimum atomic E-state index is -0.389. The molecule has 0 unspecified atom stereocenters. The molecule has 0 atom stereocenters. The van der Waals surface area contributed by atoms with Gasteiger partial charge in [-0.1, -0.05) is 6.92 Å². The summed E-state index contributed by atoms with van der Waals surface area (Å²) in [4.78, 5) is 29.2. The Labute approximate surface area is 87.9 Å². The fourth-order valence-electron chi connectivity index (χ4n) is 1.13. The van der Waals surface area contributed by atoms with Crippen molar-refractivity contribution < 1.29 is 4.79 Å². The molecule has 2 N–H and O–H groups in total. The number of rotatable bonds is 4. The van der Waals surface area contributed by atoms with Crippen LogP contribution in [0.25, 0.3) is 0 Å². The standard InChI is InChI=1S/C10H15N3O2/c1-4-8(14)7-5-11-10(12-6(2)3)13-9(7)15/h5-6H,4H2,1-3H3,(H2,11,12,13,15). The van der Waals surface area contributed by atoms with E-state index >= 15 is 0 Å². The molecule has 1 aromatic rings. The molecule has 5 nitrogen and oxygen atoms in total. The smallest absolute Gasteiger partial charge is 0.263 e. The van der Waals surface area contributed by atoms with Crippen LogP contribution in [0, 0.1) is 0 Å². The predicted octanol–water partition coefficient (Wildman–Crippen LogP) is 1.18. The van der Waals surface area contributed by atoms with Crippen molar-refractivity contribution in [2.24, 2.45) is 0 Å². The van der Waals surface area contributed by atoms with E-state index in [9.17, 15) is 9.59 Å². The largest absolute Gasteiger partial charge is 0.354 e. The van der Waals surface area contributed by atoms with Crippen LogP contribution in [0.4, 0.5) is 5.95 Å². The first-order valence-electron chi connectivity index (χ1n) is 4.93. The van der Waals surface area contributed by atoms with Gasteiger partial charge in [0.05, 0.1) is 0 Å². The molecule has 0 amide bonds. The van der Waals surface area contributed by atoms with E-state index in [2.05, 4.69) is 15.3 Å². The second-order valence-electron chi connectivity index (χ2n) is 3.55. The lowest BCUT2D eigenvalue weighted by atomic mass is 10.2. The molecule has 0 saturated carbocycles. The first kappa shape index (κ1) is 11.4. The van der Waals surface area contributed by atoms with Crippen LogP contribution in [-0.4, -0.2) is 21.8 Å². The molecule has 82 valence electrons. The number of nitrogens with one attached hydrogen (secondary N) is 2. The van der Waals surface area contributed by atoms with Crippen molar-refractivity contribution in [1.29, 1.82) is 0 Å². The number of nitrogens with zero attached hydrogens (tertiary/aromatic N) is 1. The zero-order valence-corrected chi connectivity index (χ0v) is 9.13. The highest BCUT2D eigenvalue weighted by atomic mass is 16.1. The van der Waals surface area contributed by atoms with Crippen LogP contribution in [-0.2, 0) is 0 Å². The minimum Gasteiger partial charge on any atom is -0.354 e. The fraction of sp³-hybridized carbons (Fsp3) is 0.500. The average molecular weight is 209 g/mol. The average Bonchev–Trinajstić information content (AvgIpc) is 2.16. The SMILES string of the molecule is CCC(=O)c1cnc(NC(C)C)[nH]c1=O. The van der Waals surface area contributed by atoms with Crippen LogP contribution in [0.15, 0.2) is 11.0 Å². The second-order valence-corrected chi connectivity index (χ2v) is 3.55. The monoisotopic (exact) mass is 209 g/mol. The number of carbonyl (C=O) groups is 1. The molecule has 0 radical (unpaired) electrons. The molecule has 5 heteroatoms. The molecule has 0 aliphatic heterocycles. The van der Waals surface area contributed by atoms with Gasteiger partial charge in [0.1, 0.15) is 5.56 Å². The van der Waals surface area contributed by atoms with E-state index in [1.54, 1.807) is 6.92 Å². The van der Waals surface area contributed by atoms with Gasteiger partial charge in [-0.05, 0) is 13.8 Å². The molecular formula is C10H15N3O2. The summed E-state index contributed by atoms with van der Waals surface area (Å²) in [6.45, 7) is 5.58. The van der Waals surface area contributed by atoms with E-state index in [-0.39, 0.29) is 22.9 Å². The lowest BCUT2D eigenvalue weighted by Gasteiger charge is -2.08. The molecule has 1 heterocycles. The summed E-state index contributed by atoms with van der Waals surface area (Å²) in [6.07, 6.45) is 1.62. The lowest BCUT2D eigenvalue weighted by molar-refractivity contribution is 0.0986. The predicted molar refractivity (Wildman–Crippen MR) is 58.2 cm³/mol.